The summed E-state index contributed by atoms with van der Waals surface area (Å²) in [6.07, 6.45) is 3.65. The van der Waals surface area contributed by atoms with Gasteiger partial charge in [0, 0.05) is 11.4 Å². The lowest BCUT2D eigenvalue weighted by Crippen LogP contribution is -1.93. The number of nitrogens with zero attached hydrogens (tertiary/aromatic N) is 2. The molecule has 2 aromatic heterocycles. The number of ether oxygens (including phenoxy) is 1. The van der Waals surface area contributed by atoms with E-state index in [0.29, 0.717) is 6.61 Å². The predicted octanol–water partition coefficient (Wildman–Crippen LogP) is 3.31. The van der Waals surface area contributed by atoms with Gasteiger partial charge in [-0.1, -0.05) is 0 Å². The Morgan fingerprint density at radius 3 is 3.00 bits per heavy atom. The maximum Gasteiger partial charge on any atom is 0.157 e. The predicted molar refractivity (Wildman–Crippen MR) is 64.3 cm³/mol. The van der Waals surface area contributed by atoms with Crippen molar-refractivity contribution in [3.05, 3.63) is 33.2 Å². The molecular weight excluding hydrogens is 276 g/mol. The molecular formula is C10H11BrN2OS. The number of aryl methyl sites for hydroxylation is 1. The van der Waals surface area contributed by atoms with E-state index in [4.69, 9.17) is 4.74 Å². The van der Waals surface area contributed by atoms with Crippen LogP contribution in [0.2, 0.25) is 0 Å². The first-order valence-electron chi connectivity index (χ1n) is 4.67. The summed E-state index contributed by atoms with van der Waals surface area (Å²) >= 11 is 5.10. The van der Waals surface area contributed by atoms with Crippen LogP contribution in [0, 0.1) is 0 Å². The summed E-state index contributed by atoms with van der Waals surface area (Å²) in [4.78, 5) is 1.20. The number of hydrogen-bond donors (Lipinski definition) is 0. The average molecular weight is 287 g/mol. The molecule has 0 spiro atoms. The fourth-order valence-electron chi connectivity index (χ4n) is 1.18. The number of thiophene rings is 1. The van der Waals surface area contributed by atoms with Crippen LogP contribution >= 0.6 is 27.3 Å². The van der Waals surface area contributed by atoms with Crippen LogP contribution in [0.4, 0.5) is 0 Å². The second kappa shape index (κ2) is 4.81. The van der Waals surface area contributed by atoms with Crippen LogP contribution in [0.1, 0.15) is 11.8 Å². The highest BCUT2D eigenvalue weighted by Gasteiger charge is 2.01. The summed E-state index contributed by atoms with van der Waals surface area (Å²) < 4.78 is 8.57. The third kappa shape index (κ3) is 2.82. The van der Waals surface area contributed by atoms with Gasteiger partial charge >= 0.3 is 0 Å². The molecule has 0 aromatic carbocycles. The minimum atomic E-state index is 0.603. The summed E-state index contributed by atoms with van der Waals surface area (Å²) in [6, 6.07) is 4.08. The van der Waals surface area contributed by atoms with Gasteiger partial charge in [-0.25, -0.2) is 0 Å². The maximum atomic E-state index is 5.59. The lowest BCUT2D eigenvalue weighted by molar-refractivity contribution is 0.309. The summed E-state index contributed by atoms with van der Waals surface area (Å²) in [5.74, 6) is 0.821. The van der Waals surface area contributed by atoms with E-state index in [1.807, 2.05) is 23.9 Å². The molecule has 0 aliphatic carbocycles. The van der Waals surface area contributed by atoms with Crippen molar-refractivity contribution in [3.63, 3.8) is 0 Å². The maximum absolute atomic E-state index is 5.59. The van der Waals surface area contributed by atoms with Crippen molar-refractivity contribution in [2.45, 2.75) is 20.1 Å². The number of hydrogen-bond acceptors (Lipinski definition) is 3. The van der Waals surface area contributed by atoms with Gasteiger partial charge in [0.2, 0.25) is 0 Å². The molecule has 3 nitrogen and oxygen atoms in total. The summed E-state index contributed by atoms with van der Waals surface area (Å²) in [7, 11) is 0. The first-order chi connectivity index (χ1) is 7.28. The molecule has 0 radical (unpaired) electrons. The zero-order valence-electron chi connectivity index (χ0n) is 8.31. The average Bonchev–Trinajstić information content (AvgIpc) is 2.83. The van der Waals surface area contributed by atoms with Crippen molar-refractivity contribution in [1.82, 2.24) is 9.78 Å². The largest absolute Gasteiger partial charge is 0.485 e. The van der Waals surface area contributed by atoms with Gasteiger partial charge in [0.1, 0.15) is 6.61 Å². The van der Waals surface area contributed by atoms with Crippen LogP contribution in [-0.4, -0.2) is 9.78 Å². The number of aromatic nitrogens is 2. The second-order valence-electron chi connectivity index (χ2n) is 3.03. The monoisotopic (exact) mass is 286 g/mol. The van der Waals surface area contributed by atoms with E-state index >= 15 is 0 Å². The van der Waals surface area contributed by atoms with E-state index in [0.717, 1.165) is 16.1 Å². The van der Waals surface area contributed by atoms with E-state index in [1.165, 1.54) is 4.88 Å². The van der Waals surface area contributed by atoms with E-state index < -0.39 is 0 Å². The Bertz CT molecular complexity index is 438. The van der Waals surface area contributed by atoms with Gasteiger partial charge in [0.05, 0.1) is 16.2 Å². The van der Waals surface area contributed by atoms with E-state index in [-0.39, 0.29) is 0 Å². The van der Waals surface area contributed by atoms with Crippen molar-refractivity contribution in [2.24, 2.45) is 0 Å². The van der Waals surface area contributed by atoms with Crippen molar-refractivity contribution >= 4 is 27.3 Å². The fraction of sp³-hybridized carbons (Fsp3) is 0.300. The Kier molecular flexibility index (Phi) is 3.43. The van der Waals surface area contributed by atoms with Crippen molar-refractivity contribution in [2.75, 3.05) is 0 Å². The molecule has 0 N–H and O–H groups in total. The van der Waals surface area contributed by atoms with Crippen LogP contribution in [0.3, 0.4) is 0 Å². The Morgan fingerprint density at radius 1 is 1.53 bits per heavy atom. The topological polar surface area (TPSA) is 27.1 Å². The summed E-state index contributed by atoms with van der Waals surface area (Å²) in [5.41, 5.74) is 0. The highest BCUT2D eigenvalue weighted by molar-refractivity contribution is 9.11. The highest BCUT2D eigenvalue weighted by Crippen LogP contribution is 2.23. The Hall–Kier alpha value is -0.810. The van der Waals surface area contributed by atoms with Gasteiger partial charge in [-0.15, -0.1) is 11.3 Å². The molecule has 0 aliphatic heterocycles. The van der Waals surface area contributed by atoms with Gasteiger partial charge in [0.25, 0.3) is 0 Å². The Balaban J connectivity index is 1.93. The molecule has 2 heterocycles. The number of halogens is 1. The van der Waals surface area contributed by atoms with Crippen LogP contribution in [0.5, 0.6) is 5.75 Å². The van der Waals surface area contributed by atoms with Crippen molar-refractivity contribution < 1.29 is 4.74 Å². The van der Waals surface area contributed by atoms with E-state index in [1.54, 1.807) is 17.5 Å². The molecule has 0 fully saturated rings. The molecule has 80 valence electrons. The molecule has 0 aliphatic rings. The van der Waals surface area contributed by atoms with E-state index in [9.17, 15) is 0 Å². The van der Waals surface area contributed by atoms with Crippen LogP contribution in [0.15, 0.2) is 28.3 Å². The van der Waals surface area contributed by atoms with Crippen molar-refractivity contribution in [3.8, 4) is 5.75 Å². The molecule has 0 amide bonds. The van der Waals surface area contributed by atoms with Crippen LogP contribution < -0.4 is 4.74 Å². The zero-order chi connectivity index (χ0) is 10.7. The SMILES string of the molecule is CCn1cc(OCc2ccc(Br)s2)cn1. The van der Waals surface area contributed by atoms with Gasteiger partial charge < -0.3 is 4.74 Å². The first kappa shape index (κ1) is 10.7. The van der Waals surface area contributed by atoms with Gasteiger partial charge in [0.15, 0.2) is 5.75 Å². The Morgan fingerprint density at radius 2 is 2.40 bits per heavy atom. The smallest absolute Gasteiger partial charge is 0.157 e. The second-order valence-corrected chi connectivity index (χ2v) is 5.57. The molecule has 2 rings (SSSR count). The molecule has 0 bridgehead atoms. The molecule has 0 unspecified atom stereocenters. The standard InChI is InChI=1S/C10H11BrN2OS/c1-2-13-6-8(5-12-13)14-7-9-3-4-10(11)15-9/h3-6H,2,7H2,1H3. The lowest BCUT2D eigenvalue weighted by Gasteiger charge is -1.99. The van der Waals surface area contributed by atoms with Gasteiger partial charge in [-0.3, -0.25) is 4.68 Å². The molecule has 15 heavy (non-hydrogen) atoms. The molecule has 0 atom stereocenters. The summed E-state index contributed by atoms with van der Waals surface area (Å²) in [5, 5.41) is 4.14. The third-order valence-electron chi connectivity index (χ3n) is 1.94. The lowest BCUT2D eigenvalue weighted by atomic mass is 10.5. The van der Waals surface area contributed by atoms with Crippen molar-refractivity contribution in [1.29, 1.82) is 0 Å². The molecule has 2 aromatic rings. The third-order valence-corrected chi connectivity index (χ3v) is 3.54. The minimum Gasteiger partial charge on any atom is -0.485 e. The highest BCUT2D eigenvalue weighted by atomic mass is 79.9. The quantitative estimate of drug-likeness (QED) is 0.862. The number of rotatable bonds is 4. The van der Waals surface area contributed by atoms with Gasteiger partial charge in [-0.2, -0.15) is 5.10 Å². The Labute approximate surface area is 101 Å². The van der Waals surface area contributed by atoms with E-state index in [2.05, 4.69) is 27.1 Å². The van der Waals surface area contributed by atoms with Gasteiger partial charge in [-0.05, 0) is 35.0 Å². The minimum absolute atomic E-state index is 0.603. The molecule has 0 saturated carbocycles. The first-order valence-corrected chi connectivity index (χ1v) is 6.28. The molecule has 0 saturated heterocycles. The fourth-order valence-corrected chi connectivity index (χ4v) is 2.57. The van der Waals surface area contributed by atoms with Crippen LogP contribution in [0.25, 0.3) is 0 Å². The zero-order valence-corrected chi connectivity index (χ0v) is 10.7. The summed E-state index contributed by atoms with van der Waals surface area (Å²) in [6.45, 7) is 3.52. The normalized spacial score (nSPS) is 10.5. The van der Waals surface area contributed by atoms with Crippen LogP contribution in [-0.2, 0) is 13.2 Å². The molecule has 5 heteroatoms.